The van der Waals surface area contributed by atoms with Crippen molar-refractivity contribution in [2.24, 2.45) is 34.0 Å². The summed E-state index contributed by atoms with van der Waals surface area (Å²) in [5, 5.41) is 44.9. The van der Waals surface area contributed by atoms with E-state index in [0.29, 0.717) is 24.8 Å². The van der Waals surface area contributed by atoms with Crippen molar-refractivity contribution in [3.8, 4) is 0 Å². The quantitative estimate of drug-likeness (QED) is 0.367. The summed E-state index contributed by atoms with van der Waals surface area (Å²) in [6.45, 7) is 10.6. The van der Waals surface area contributed by atoms with Gasteiger partial charge in [0.2, 0.25) is 0 Å². The van der Waals surface area contributed by atoms with Gasteiger partial charge in [0.1, 0.15) is 12.7 Å². The van der Waals surface area contributed by atoms with Gasteiger partial charge in [-0.2, -0.15) is 0 Å². The molecule has 0 aromatic rings. The molecule has 11 atom stereocenters. The molecule has 32 heavy (non-hydrogen) atoms. The molecule has 4 aliphatic rings. The number of ether oxygens (including phenoxy) is 2. The molecule has 4 aliphatic carbocycles. The summed E-state index contributed by atoms with van der Waals surface area (Å²) < 4.78 is 11.1. The normalized spacial score (nSPS) is 52.1. The molecule has 0 aromatic carbocycles. The Labute approximate surface area is 188 Å². The average Bonchev–Trinajstić information content (AvgIpc) is 2.83. The van der Waals surface area contributed by atoms with Crippen LogP contribution in [0.25, 0.3) is 0 Å². The van der Waals surface area contributed by atoms with E-state index < -0.39 is 70.5 Å². The molecule has 0 saturated heterocycles. The topological polar surface area (TPSA) is 134 Å². The van der Waals surface area contributed by atoms with Crippen LogP contribution in [0.5, 0.6) is 0 Å². The van der Waals surface area contributed by atoms with Gasteiger partial charge in [-0.25, -0.2) is 0 Å². The highest BCUT2D eigenvalue weighted by Gasteiger charge is 2.76. The molecule has 0 aromatic heterocycles. The smallest absolute Gasteiger partial charge is 0.302 e. The van der Waals surface area contributed by atoms with E-state index in [1.54, 1.807) is 0 Å². The van der Waals surface area contributed by atoms with Gasteiger partial charge < -0.3 is 29.9 Å². The fourth-order valence-corrected chi connectivity index (χ4v) is 8.23. The highest BCUT2D eigenvalue weighted by Crippen LogP contribution is 2.72. The van der Waals surface area contributed by atoms with Crippen molar-refractivity contribution in [2.75, 3.05) is 6.61 Å². The molecule has 2 bridgehead atoms. The number of aliphatic hydroxyl groups excluding tert-OH is 4. The Hall–Kier alpha value is -1.48. The van der Waals surface area contributed by atoms with Crippen LogP contribution in [0.15, 0.2) is 12.2 Å². The number of carbonyl (C=O) groups excluding carboxylic acids is 2. The molecule has 8 heteroatoms. The maximum Gasteiger partial charge on any atom is 0.302 e. The second-order valence-corrected chi connectivity index (χ2v) is 11.0. The molecule has 4 rings (SSSR count). The first-order chi connectivity index (χ1) is 14.8. The third-order valence-corrected chi connectivity index (χ3v) is 9.60. The SMILES string of the molecule is C=C1[C@H]2[C@@H](O)[C@@]3([C@H](O)C[C@@H]4[C@](C)(COC(C)=O)[C@@H](OC(C)=O)CC[C@@]4(C)[C@@H]3C[C@@H]2O)[C@@H]1O. The molecule has 0 unspecified atom stereocenters. The second-order valence-electron chi connectivity index (χ2n) is 11.0. The van der Waals surface area contributed by atoms with Gasteiger partial charge in [-0.1, -0.05) is 20.4 Å². The van der Waals surface area contributed by atoms with Gasteiger partial charge >= 0.3 is 11.9 Å². The van der Waals surface area contributed by atoms with E-state index in [2.05, 4.69) is 13.5 Å². The molecule has 1 spiro atoms. The Morgan fingerprint density at radius 1 is 1.06 bits per heavy atom. The Kier molecular flexibility index (Phi) is 5.56. The van der Waals surface area contributed by atoms with Gasteiger partial charge in [0.05, 0.1) is 29.8 Å². The van der Waals surface area contributed by atoms with Crippen LogP contribution < -0.4 is 0 Å². The molecule has 0 radical (unpaired) electrons. The molecule has 4 saturated carbocycles. The molecule has 4 N–H and O–H groups in total. The molecule has 180 valence electrons. The van der Waals surface area contributed by atoms with Crippen LogP contribution in [0.4, 0.5) is 0 Å². The maximum atomic E-state index is 11.8. The van der Waals surface area contributed by atoms with Gasteiger partial charge in [0, 0.05) is 25.2 Å². The summed E-state index contributed by atoms with van der Waals surface area (Å²) >= 11 is 0. The van der Waals surface area contributed by atoms with E-state index in [4.69, 9.17) is 9.47 Å². The number of fused-ring (bicyclic) bond motifs is 3. The van der Waals surface area contributed by atoms with Crippen molar-refractivity contribution in [1.29, 1.82) is 0 Å². The lowest BCUT2D eigenvalue weighted by molar-refractivity contribution is -0.280. The lowest BCUT2D eigenvalue weighted by Crippen LogP contribution is -2.71. The summed E-state index contributed by atoms with van der Waals surface area (Å²) in [7, 11) is 0. The fraction of sp³-hybridized carbons (Fsp3) is 0.833. The van der Waals surface area contributed by atoms with E-state index in [9.17, 15) is 30.0 Å². The number of aliphatic hydroxyl groups is 4. The lowest BCUT2D eigenvalue weighted by atomic mass is 9.39. The van der Waals surface area contributed by atoms with Gasteiger partial charge in [-0.15, -0.1) is 0 Å². The summed E-state index contributed by atoms with van der Waals surface area (Å²) in [5.74, 6) is -2.17. The lowest BCUT2D eigenvalue weighted by Gasteiger charge is -2.67. The van der Waals surface area contributed by atoms with Crippen LogP contribution in [0.1, 0.15) is 53.4 Å². The van der Waals surface area contributed by atoms with E-state index in [-0.39, 0.29) is 18.9 Å². The van der Waals surface area contributed by atoms with E-state index >= 15 is 0 Å². The van der Waals surface area contributed by atoms with Crippen molar-refractivity contribution in [2.45, 2.75) is 83.9 Å². The zero-order valence-electron chi connectivity index (χ0n) is 19.3. The largest absolute Gasteiger partial charge is 0.465 e. The molecule has 8 nitrogen and oxygen atoms in total. The number of hydrogen-bond donors (Lipinski definition) is 4. The van der Waals surface area contributed by atoms with E-state index in [1.165, 1.54) is 13.8 Å². The first kappa shape index (κ1) is 23.7. The predicted octanol–water partition coefficient (Wildman–Crippen LogP) is 0.943. The standard InChI is InChI=1S/C24H36O8/c1-11-19-14(27)8-16-22(4)7-6-18(32-13(3)26)23(5,10-31-12(2)25)15(22)9-17(28)24(16,20(11)29)21(19)30/h14-21,27-30H,1,6-10H2,2-5H3/t14-,15-,16-,17+,18-,19+,20+,21+,22+,23-,24-/m0/s1. The minimum Gasteiger partial charge on any atom is -0.465 e. The highest BCUT2D eigenvalue weighted by atomic mass is 16.6. The van der Waals surface area contributed by atoms with Crippen molar-refractivity contribution in [1.82, 2.24) is 0 Å². The number of hydrogen-bond acceptors (Lipinski definition) is 8. The van der Waals surface area contributed by atoms with Gasteiger partial charge in [-0.05, 0) is 48.5 Å². The first-order valence-electron chi connectivity index (χ1n) is 11.5. The number of rotatable bonds is 3. The van der Waals surface area contributed by atoms with Crippen molar-refractivity contribution < 1.29 is 39.5 Å². The minimum atomic E-state index is -1.21. The van der Waals surface area contributed by atoms with Crippen molar-refractivity contribution >= 4 is 11.9 Å². The number of carbonyl (C=O) groups is 2. The zero-order valence-corrected chi connectivity index (χ0v) is 19.3. The van der Waals surface area contributed by atoms with Crippen molar-refractivity contribution in [3.63, 3.8) is 0 Å². The van der Waals surface area contributed by atoms with Gasteiger partial charge in [0.25, 0.3) is 0 Å². The Morgan fingerprint density at radius 3 is 2.31 bits per heavy atom. The van der Waals surface area contributed by atoms with Crippen LogP contribution in [0.3, 0.4) is 0 Å². The second kappa shape index (κ2) is 7.52. The molecular weight excluding hydrogens is 416 g/mol. The third kappa shape index (κ3) is 2.89. The van der Waals surface area contributed by atoms with Crippen LogP contribution in [0, 0.1) is 34.0 Å². The molecular formula is C24H36O8. The zero-order chi connectivity index (χ0) is 23.8. The van der Waals surface area contributed by atoms with Crippen LogP contribution in [0.2, 0.25) is 0 Å². The summed E-state index contributed by atoms with van der Waals surface area (Å²) in [5.41, 5.74) is -2.11. The fourth-order valence-electron chi connectivity index (χ4n) is 8.23. The van der Waals surface area contributed by atoms with E-state index in [0.717, 1.165) is 0 Å². The Balaban J connectivity index is 1.81. The maximum absolute atomic E-state index is 11.8. The highest BCUT2D eigenvalue weighted by molar-refractivity contribution is 5.66. The summed E-state index contributed by atoms with van der Waals surface area (Å²) in [4.78, 5) is 23.5. The minimum absolute atomic E-state index is 0.0238. The summed E-state index contributed by atoms with van der Waals surface area (Å²) in [6, 6.07) is 0. The Morgan fingerprint density at radius 2 is 1.72 bits per heavy atom. The van der Waals surface area contributed by atoms with E-state index in [1.807, 2.05) is 6.92 Å². The monoisotopic (exact) mass is 452 g/mol. The molecule has 0 amide bonds. The van der Waals surface area contributed by atoms with Gasteiger partial charge in [-0.3, -0.25) is 9.59 Å². The van der Waals surface area contributed by atoms with Crippen molar-refractivity contribution in [3.05, 3.63) is 12.2 Å². The third-order valence-electron chi connectivity index (χ3n) is 9.60. The van der Waals surface area contributed by atoms with Crippen LogP contribution >= 0.6 is 0 Å². The summed E-state index contributed by atoms with van der Waals surface area (Å²) in [6.07, 6.45) is -2.96. The number of esters is 2. The average molecular weight is 453 g/mol. The predicted molar refractivity (Wildman–Crippen MR) is 113 cm³/mol. The molecule has 0 heterocycles. The molecule has 4 fully saturated rings. The van der Waals surface area contributed by atoms with Crippen LogP contribution in [-0.2, 0) is 19.1 Å². The van der Waals surface area contributed by atoms with Crippen LogP contribution in [-0.4, -0.2) is 69.5 Å². The molecule has 0 aliphatic heterocycles. The van der Waals surface area contributed by atoms with Gasteiger partial charge in [0.15, 0.2) is 0 Å². The Bertz CT molecular complexity index is 827. The first-order valence-corrected chi connectivity index (χ1v) is 11.5.